The van der Waals surface area contributed by atoms with Crippen LogP contribution in [-0.2, 0) is 0 Å². The summed E-state index contributed by atoms with van der Waals surface area (Å²) in [6, 6.07) is 0. The summed E-state index contributed by atoms with van der Waals surface area (Å²) in [5.74, 6) is 0.335. The van der Waals surface area contributed by atoms with Crippen molar-refractivity contribution in [3.63, 3.8) is 0 Å². The lowest BCUT2D eigenvalue weighted by atomic mass is 10.0. The van der Waals surface area contributed by atoms with E-state index in [4.69, 9.17) is 16.2 Å². The number of nitrogens with two attached hydrogens (primary N) is 1. The molecule has 0 aromatic heterocycles. The van der Waals surface area contributed by atoms with Gasteiger partial charge >= 0.3 is 0 Å². The molecule has 0 radical (unpaired) electrons. The predicted octanol–water partition coefficient (Wildman–Crippen LogP) is -0.297. The van der Waals surface area contributed by atoms with E-state index < -0.39 is 0 Å². The number of β-amino-alcohol motifs (C(OH)–C–C–N with tert-alkyl or cyclic N) is 1. The molecule has 2 rings (SSSR count). The summed E-state index contributed by atoms with van der Waals surface area (Å²) >= 11 is 0. The fourth-order valence-electron chi connectivity index (χ4n) is 2.76. The molecule has 5 heteroatoms. The number of amidine groups is 1. The molecule has 0 aromatic carbocycles. The highest BCUT2D eigenvalue weighted by Crippen LogP contribution is 2.49. The van der Waals surface area contributed by atoms with Gasteiger partial charge in [0.2, 0.25) is 0 Å². The molecule has 0 bridgehead atoms. The first kappa shape index (κ1) is 12.8. The summed E-state index contributed by atoms with van der Waals surface area (Å²) in [6.45, 7) is 6.42. The second kappa shape index (κ2) is 5.33. The highest BCUT2D eigenvalue weighted by atomic mass is 16.3. The van der Waals surface area contributed by atoms with Crippen LogP contribution in [0, 0.1) is 10.8 Å². The van der Waals surface area contributed by atoms with Crippen molar-refractivity contribution in [3.8, 4) is 0 Å². The van der Waals surface area contributed by atoms with Crippen LogP contribution < -0.4 is 5.73 Å². The minimum absolute atomic E-state index is 0.258. The number of piperazine rings is 1. The molecule has 5 nitrogen and oxygen atoms in total. The Hall–Kier alpha value is -0.650. The maximum atomic E-state index is 8.89. The molecule has 0 amide bonds. The molecule has 1 aliphatic carbocycles. The van der Waals surface area contributed by atoms with Crippen LogP contribution in [-0.4, -0.2) is 66.6 Å². The molecule has 0 aromatic rings. The van der Waals surface area contributed by atoms with Crippen molar-refractivity contribution in [1.82, 2.24) is 9.80 Å². The van der Waals surface area contributed by atoms with Crippen molar-refractivity contribution >= 4 is 5.84 Å². The topological polar surface area (TPSA) is 76.6 Å². The lowest BCUT2D eigenvalue weighted by Crippen LogP contribution is -2.48. The van der Waals surface area contributed by atoms with Crippen molar-refractivity contribution in [2.24, 2.45) is 11.1 Å². The molecule has 1 heterocycles. The fourth-order valence-corrected chi connectivity index (χ4v) is 2.76. The van der Waals surface area contributed by atoms with Gasteiger partial charge in [-0.05, 0) is 18.3 Å². The second-order valence-corrected chi connectivity index (χ2v) is 5.54. The number of aliphatic hydroxyl groups is 1. The molecule has 98 valence electrons. The maximum absolute atomic E-state index is 8.89. The third kappa shape index (κ3) is 3.66. The molecule has 17 heavy (non-hydrogen) atoms. The molecule has 0 spiro atoms. The van der Waals surface area contributed by atoms with Gasteiger partial charge in [-0.2, -0.15) is 0 Å². The Labute approximate surface area is 103 Å². The maximum Gasteiger partial charge on any atom is 0.0911 e. The number of hydrogen-bond acceptors (Lipinski definition) is 4. The van der Waals surface area contributed by atoms with Gasteiger partial charge in [-0.1, -0.05) is 0 Å². The van der Waals surface area contributed by atoms with Crippen LogP contribution >= 0.6 is 0 Å². The quantitative estimate of drug-likeness (QED) is 0.440. The van der Waals surface area contributed by atoms with Gasteiger partial charge in [-0.25, -0.2) is 0 Å². The van der Waals surface area contributed by atoms with Crippen molar-refractivity contribution in [2.45, 2.75) is 19.3 Å². The Balaban J connectivity index is 1.73. The molecular weight excluding hydrogens is 216 g/mol. The average molecular weight is 240 g/mol. The molecule has 1 saturated carbocycles. The Kier molecular flexibility index (Phi) is 4.01. The van der Waals surface area contributed by atoms with Crippen LogP contribution in [0.1, 0.15) is 19.3 Å². The Morgan fingerprint density at radius 3 is 2.24 bits per heavy atom. The predicted molar refractivity (Wildman–Crippen MR) is 68.2 cm³/mol. The van der Waals surface area contributed by atoms with Gasteiger partial charge in [0.05, 0.1) is 12.4 Å². The normalized spacial score (nSPS) is 24.8. The molecular formula is C12H24N4O. The number of nitrogens with zero attached hydrogens (tertiary/aromatic N) is 2. The first-order chi connectivity index (χ1) is 8.13. The van der Waals surface area contributed by atoms with Gasteiger partial charge in [0.15, 0.2) is 0 Å². The Bertz CT molecular complexity index is 270. The summed E-state index contributed by atoms with van der Waals surface area (Å²) in [6.07, 6.45) is 3.22. The van der Waals surface area contributed by atoms with E-state index in [0.29, 0.717) is 11.3 Å². The van der Waals surface area contributed by atoms with Crippen LogP contribution in [0.3, 0.4) is 0 Å². The van der Waals surface area contributed by atoms with E-state index in [1.54, 1.807) is 0 Å². The monoisotopic (exact) mass is 240 g/mol. The van der Waals surface area contributed by atoms with Crippen molar-refractivity contribution in [2.75, 3.05) is 45.9 Å². The van der Waals surface area contributed by atoms with Crippen LogP contribution in [0.15, 0.2) is 0 Å². The molecule has 1 aliphatic heterocycles. The summed E-state index contributed by atoms with van der Waals surface area (Å²) in [7, 11) is 0. The van der Waals surface area contributed by atoms with Crippen molar-refractivity contribution in [1.29, 1.82) is 5.41 Å². The largest absolute Gasteiger partial charge is 0.395 e. The molecule has 0 atom stereocenters. The van der Waals surface area contributed by atoms with Gasteiger partial charge in [0, 0.05) is 45.7 Å². The minimum Gasteiger partial charge on any atom is -0.395 e. The summed E-state index contributed by atoms with van der Waals surface area (Å²) in [5.41, 5.74) is 5.84. The lowest BCUT2D eigenvalue weighted by molar-refractivity contribution is 0.0987. The van der Waals surface area contributed by atoms with E-state index in [1.807, 2.05) is 0 Å². The Morgan fingerprint density at radius 1 is 1.18 bits per heavy atom. The zero-order chi connectivity index (χ0) is 12.3. The minimum atomic E-state index is 0.258. The van der Waals surface area contributed by atoms with Crippen LogP contribution in [0.2, 0.25) is 0 Å². The number of hydrogen-bond donors (Lipinski definition) is 3. The third-order valence-electron chi connectivity index (χ3n) is 3.96. The van der Waals surface area contributed by atoms with E-state index in [-0.39, 0.29) is 6.61 Å². The van der Waals surface area contributed by atoms with E-state index in [9.17, 15) is 0 Å². The number of aliphatic hydroxyl groups excluding tert-OH is 1. The molecule has 0 unspecified atom stereocenters. The highest BCUT2D eigenvalue weighted by molar-refractivity contribution is 5.78. The Morgan fingerprint density at radius 2 is 1.76 bits per heavy atom. The van der Waals surface area contributed by atoms with Gasteiger partial charge in [0.25, 0.3) is 0 Å². The SMILES string of the molecule is N=C(N)CC1(CN2CCN(CCO)CC2)CC1. The molecule has 4 N–H and O–H groups in total. The van der Waals surface area contributed by atoms with E-state index in [2.05, 4.69) is 9.80 Å². The summed E-state index contributed by atoms with van der Waals surface area (Å²) in [4.78, 5) is 4.80. The van der Waals surface area contributed by atoms with E-state index >= 15 is 0 Å². The van der Waals surface area contributed by atoms with Gasteiger partial charge in [-0.3, -0.25) is 10.3 Å². The molecule has 1 saturated heterocycles. The summed E-state index contributed by atoms with van der Waals surface area (Å²) in [5, 5.41) is 16.3. The standard InChI is InChI=1S/C12H24N4O/c13-11(14)9-12(1-2-12)10-16-5-3-15(4-6-16)7-8-17/h17H,1-10H2,(H3,13,14). The lowest BCUT2D eigenvalue weighted by Gasteiger charge is -2.36. The fraction of sp³-hybridized carbons (Fsp3) is 0.917. The van der Waals surface area contributed by atoms with Crippen molar-refractivity contribution < 1.29 is 5.11 Å². The first-order valence-corrected chi connectivity index (χ1v) is 6.52. The third-order valence-corrected chi connectivity index (χ3v) is 3.96. The molecule has 2 aliphatic rings. The zero-order valence-electron chi connectivity index (χ0n) is 10.5. The van der Waals surface area contributed by atoms with Gasteiger partial charge < -0.3 is 15.7 Å². The van der Waals surface area contributed by atoms with Crippen LogP contribution in [0.5, 0.6) is 0 Å². The van der Waals surface area contributed by atoms with Crippen LogP contribution in [0.25, 0.3) is 0 Å². The second-order valence-electron chi connectivity index (χ2n) is 5.54. The number of nitrogens with one attached hydrogen (secondary N) is 1. The van der Waals surface area contributed by atoms with E-state index in [0.717, 1.165) is 45.7 Å². The first-order valence-electron chi connectivity index (χ1n) is 6.52. The average Bonchev–Trinajstić information content (AvgIpc) is 3.00. The van der Waals surface area contributed by atoms with Crippen LogP contribution in [0.4, 0.5) is 0 Å². The highest BCUT2D eigenvalue weighted by Gasteiger charge is 2.44. The smallest absolute Gasteiger partial charge is 0.0911 e. The number of rotatable bonds is 6. The zero-order valence-corrected chi connectivity index (χ0v) is 10.5. The molecule has 2 fully saturated rings. The van der Waals surface area contributed by atoms with E-state index in [1.165, 1.54) is 12.8 Å². The summed E-state index contributed by atoms with van der Waals surface area (Å²) < 4.78 is 0. The van der Waals surface area contributed by atoms with Crippen molar-refractivity contribution in [3.05, 3.63) is 0 Å². The van der Waals surface area contributed by atoms with Gasteiger partial charge in [-0.15, -0.1) is 0 Å². The van der Waals surface area contributed by atoms with Gasteiger partial charge in [0.1, 0.15) is 0 Å².